The summed E-state index contributed by atoms with van der Waals surface area (Å²) >= 11 is 0. The second kappa shape index (κ2) is 13.6. The van der Waals surface area contributed by atoms with Crippen molar-refractivity contribution < 1.29 is 4.74 Å². The third-order valence-electron chi connectivity index (χ3n) is 7.64. The Balaban J connectivity index is 0.000000202. The molecule has 0 aliphatic carbocycles. The Kier molecular flexibility index (Phi) is 9.30. The largest absolute Gasteiger partial charge is 0.497 e. The van der Waals surface area contributed by atoms with Gasteiger partial charge in [0.2, 0.25) is 0 Å². The number of ether oxygens (including phenoxy) is 1. The minimum atomic E-state index is -0.858. The van der Waals surface area contributed by atoms with Gasteiger partial charge in [0.15, 0.2) is 0 Å². The van der Waals surface area contributed by atoms with Crippen molar-refractivity contribution >= 4 is 22.6 Å². The lowest BCUT2D eigenvalue weighted by atomic mass is 9.76. The molecule has 0 aliphatic rings. The van der Waals surface area contributed by atoms with Crippen LogP contribution in [0.5, 0.6) is 5.75 Å². The van der Waals surface area contributed by atoms with Gasteiger partial charge in [-0.2, -0.15) is 0 Å². The van der Waals surface area contributed by atoms with Crippen molar-refractivity contribution in [3.05, 3.63) is 187 Å². The maximum absolute atomic E-state index is 5.47. The molecule has 202 valence electrons. The summed E-state index contributed by atoms with van der Waals surface area (Å²) in [7, 11) is 3.10. The van der Waals surface area contributed by atoms with Gasteiger partial charge in [-0.3, -0.25) is 0 Å². The van der Waals surface area contributed by atoms with Gasteiger partial charge >= 0.3 is 0 Å². The van der Waals surface area contributed by atoms with Crippen molar-refractivity contribution in [3.63, 3.8) is 0 Å². The summed E-state index contributed by atoms with van der Waals surface area (Å²) in [6, 6.07) is 51.1. The van der Waals surface area contributed by atoms with Gasteiger partial charge < -0.3 is 9.30 Å². The number of hydrogen-bond donors (Lipinski definition) is 0. The highest BCUT2D eigenvalue weighted by Crippen LogP contribution is 2.33. The molecule has 0 N–H and O–H groups in total. The zero-order valence-corrected chi connectivity index (χ0v) is 25.1. The number of methoxy groups -OCH3 is 1. The highest BCUT2D eigenvalue weighted by atomic mass is 28.2. The topological polar surface area (TPSA) is 27.1 Å². The molecule has 0 amide bonds. The molecule has 1 aromatic heterocycles. The average molecular weight is 551 g/mol. The SMILES string of the molecule is BC(c1ccccc1)c1ccccc1.COc1cccc([SiH2]C(c2ccccc2)(c2ccccc2)n2ccnc2)c1. The molecule has 0 bridgehead atoms. The second-order valence-corrected chi connectivity index (χ2v) is 12.3. The van der Waals surface area contributed by atoms with Crippen molar-refractivity contribution in [3.8, 4) is 5.75 Å². The Labute approximate surface area is 246 Å². The normalized spacial score (nSPS) is 11.3. The van der Waals surface area contributed by atoms with Crippen LogP contribution in [-0.4, -0.2) is 34.0 Å². The van der Waals surface area contributed by atoms with Crippen molar-refractivity contribution in [1.29, 1.82) is 0 Å². The van der Waals surface area contributed by atoms with Gasteiger partial charge in [0.1, 0.15) is 13.6 Å². The Morgan fingerprint density at radius 2 is 1.20 bits per heavy atom. The smallest absolute Gasteiger partial charge is 0.118 e. The van der Waals surface area contributed by atoms with Crippen LogP contribution in [0.2, 0.25) is 0 Å². The van der Waals surface area contributed by atoms with E-state index in [-0.39, 0.29) is 5.16 Å². The number of aromatic nitrogens is 2. The molecule has 3 nitrogen and oxygen atoms in total. The molecule has 0 saturated carbocycles. The maximum Gasteiger partial charge on any atom is 0.118 e. The van der Waals surface area contributed by atoms with E-state index in [1.807, 2.05) is 18.6 Å². The van der Waals surface area contributed by atoms with E-state index in [0.717, 1.165) is 5.75 Å². The van der Waals surface area contributed by atoms with Crippen LogP contribution < -0.4 is 9.92 Å². The highest BCUT2D eigenvalue weighted by Gasteiger charge is 2.36. The third kappa shape index (κ3) is 6.59. The minimum absolute atomic E-state index is 0.259. The number of benzene rings is 5. The van der Waals surface area contributed by atoms with E-state index in [0.29, 0.717) is 5.82 Å². The van der Waals surface area contributed by atoms with E-state index in [2.05, 4.69) is 163 Å². The van der Waals surface area contributed by atoms with Gasteiger partial charge in [-0.05, 0) is 40.2 Å². The summed E-state index contributed by atoms with van der Waals surface area (Å²) in [5.41, 5.74) is 5.31. The lowest BCUT2D eigenvalue weighted by molar-refractivity contribution is 0.415. The lowest BCUT2D eigenvalue weighted by Crippen LogP contribution is -2.46. The Morgan fingerprint density at radius 1 is 0.683 bits per heavy atom. The monoisotopic (exact) mass is 550 g/mol. The van der Waals surface area contributed by atoms with Crippen LogP contribution in [-0.2, 0) is 5.16 Å². The molecule has 0 aliphatic heterocycles. The fourth-order valence-electron chi connectivity index (χ4n) is 5.43. The van der Waals surface area contributed by atoms with Crippen LogP contribution in [0.1, 0.15) is 28.1 Å². The molecule has 41 heavy (non-hydrogen) atoms. The van der Waals surface area contributed by atoms with Crippen LogP contribution >= 0.6 is 0 Å². The molecule has 0 saturated heterocycles. The van der Waals surface area contributed by atoms with Crippen LogP contribution in [0.3, 0.4) is 0 Å². The predicted molar refractivity (Wildman–Crippen MR) is 176 cm³/mol. The summed E-state index contributed by atoms with van der Waals surface area (Å²) in [6.07, 6.45) is 5.88. The molecule has 1 heterocycles. The van der Waals surface area contributed by atoms with Crippen molar-refractivity contribution in [2.75, 3.05) is 7.11 Å². The minimum Gasteiger partial charge on any atom is -0.497 e. The van der Waals surface area contributed by atoms with Gasteiger partial charge in [-0.1, -0.05) is 139 Å². The second-order valence-electron chi connectivity index (χ2n) is 10.1. The summed E-state index contributed by atoms with van der Waals surface area (Å²) in [5.74, 6) is 1.39. The Bertz CT molecular complexity index is 1520. The first-order valence-corrected chi connectivity index (χ1v) is 15.4. The maximum atomic E-state index is 5.47. The summed E-state index contributed by atoms with van der Waals surface area (Å²) in [6.45, 7) is 0. The zero-order valence-electron chi connectivity index (χ0n) is 23.7. The Hall–Kier alpha value is -4.61. The van der Waals surface area contributed by atoms with E-state index in [9.17, 15) is 0 Å². The molecule has 0 radical (unpaired) electrons. The van der Waals surface area contributed by atoms with Gasteiger partial charge in [0, 0.05) is 12.4 Å². The van der Waals surface area contributed by atoms with Gasteiger partial charge in [0.25, 0.3) is 0 Å². The standard InChI is InChI=1S/C23H22N2OSi.C13H13B/c1-26-21-13-8-14-22(17-21)27-23(25-16-15-24-18-25,19-9-4-2-5-10-19)20-11-6-3-7-12-20;14-13(11-7-3-1-4-8-11)12-9-5-2-6-10-12/h2-18H,27H2,1H3;1-10,13H,14H2. The average Bonchev–Trinajstić information content (AvgIpc) is 3.61. The van der Waals surface area contributed by atoms with Crippen molar-refractivity contribution in [2.24, 2.45) is 0 Å². The molecule has 5 heteroatoms. The van der Waals surface area contributed by atoms with Gasteiger partial charge in [-0.25, -0.2) is 4.98 Å². The Morgan fingerprint density at radius 3 is 1.66 bits per heavy atom. The number of nitrogens with zero attached hydrogens (tertiary/aromatic N) is 2. The molecular formula is C36H35BN2OSi. The first kappa shape index (κ1) is 27.9. The summed E-state index contributed by atoms with van der Waals surface area (Å²) in [4.78, 5) is 4.37. The van der Waals surface area contributed by atoms with E-state index in [1.165, 1.54) is 27.4 Å². The molecule has 5 aromatic carbocycles. The fraction of sp³-hybridized carbons (Fsp3) is 0.0833. The first-order valence-electron chi connectivity index (χ1n) is 14.0. The molecule has 6 aromatic rings. The first-order chi connectivity index (χ1) is 20.2. The number of hydrogen-bond acceptors (Lipinski definition) is 2. The highest BCUT2D eigenvalue weighted by molar-refractivity contribution is 6.57. The molecule has 0 spiro atoms. The number of rotatable bonds is 8. The van der Waals surface area contributed by atoms with Crippen LogP contribution in [0, 0.1) is 0 Å². The van der Waals surface area contributed by atoms with E-state index < -0.39 is 9.52 Å². The summed E-state index contributed by atoms with van der Waals surface area (Å²) in [5, 5.41) is 1.08. The van der Waals surface area contributed by atoms with Gasteiger partial charge in [0.05, 0.1) is 28.1 Å². The fourth-order valence-corrected chi connectivity index (χ4v) is 7.82. The lowest BCUT2D eigenvalue weighted by Gasteiger charge is -2.37. The molecule has 0 unspecified atom stereocenters. The van der Waals surface area contributed by atoms with E-state index >= 15 is 0 Å². The quantitative estimate of drug-likeness (QED) is 0.233. The van der Waals surface area contributed by atoms with Gasteiger partial charge in [-0.15, -0.1) is 0 Å². The third-order valence-corrected chi connectivity index (χ3v) is 10.2. The van der Waals surface area contributed by atoms with Crippen LogP contribution in [0.15, 0.2) is 164 Å². The molecule has 6 rings (SSSR count). The van der Waals surface area contributed by atoms with E-state index in [1.54, 1.807) is 7.11 Å². The summed E-state index contributed by atoms with van der Waals surface area (Å²) < 4.78 is 7.74. The number of imidazole rings is 1. The van der Waals surface area contributed by atoms with Crippen molar-refractivity contribution in [2.45, 2.75) is 11.0 Å². The zero-order chi connectivity index (χ0) is 28.3. The molecule has 0 fully saturated rings. The van der Waals surface area contributed by atoms with Crippen LogP contribution in [0.4, 0.5) is 0 Å². The van der Waals surface area contributed by atoms with Crippen LogP contribution in [0.25, 0.3) is 0 Å². The predicted octanol–water partition coefficient (Wildman–Crippen LogP) is 5.54. The van der Waals surface area contributed by atoms with E-state index in [4.69, 9.17) is 4.74 Å². The molecular weight excluding hydrogens is 515 g/mol. The van der Waals surface area contributed by atoms with Crippen molar-refractivity contribution in [1.82, 2.24) is 9.55 Å². The molecule has 0 atom stereocenters.